The van der Waals surface area contributed by atoms with Crippen molar-refractivity contribution in [1.82, 2.24) is 0 Å². The highest BCUT2D eigenvalue weighted by Gasteiger charge is 2.19. The predicted molar refractivity (Wildman–Crippen MR) is 79.6 cm³/mol. The molecule has 20 heavy (non-hydrogen) atoms. The fourth-order valence-electron chi connectivity index (χ4n) is 1.64. The first-order chi connectivity index (χ1) is 9.02. The Morgan fingerprint density at radius 1 is 1.30 bits per heavy atom. The van der Waals surface area contributed by atoms with Crippen molar-refractivity contribution in [3.05, 3.63) is 29.3 Å². The number of benzene rings is 1. The van der Waals surface area contributed by atoms with Crippen LogP contribution in [-0.2, 0) is 10.0 Å². The molecule has 0 aromatic heterocycles. The van der Waals surface area contributed by atoms with Crippen molar-refractivity contribution in [2.45, 2.75) is 34.1 Å². The molecule has 0 unspecified atom stereocenters. The summed E-state index contributed by atoms with van der Waals surface area (Å²) in [5, 5.41) is 9.02. The highest BCUT2D eigenvalue weighted by Crippen LogP contribution is 2.23. The van der Waals surface area contributed by atoms with Crippen molar-refractivity contribution >= 4 is 21.7 Å². The number of carbonyl (C=O) groups is 1. The Morgan fingerprint density at radius 3 is 2.40 bits per heavy atom. The lowest BCUT2D eigenvalue weighted by atomic mass is 9.94. The minimum Gasteiger partial charge on any atom is -0.478 e. The molecule has 0 fully saturated rings. The van der Waals surface area contributed by atoms with Gasteiger partial charge in [0.1, 0.15) is 0 Å². The van der Waals surface area contributed by atoms with Crippen LogP contribution in [0.4, 0.5) is 5.69 Å². The Bertz CT molecular complexity index is 600. The molecule has 112 valence electrons. The Labute approximate surface area is 120 Å². The van der Waals surface area contributed by atoms with Gasteiger partial charge in [-0.2, -0.15) is 0 Å². The number of anilines is 1. The van der Waals surface area contributed by atoms with Gasteiger partial charge in [-0.25, -0.2) is 13.2 Å². The zero-order valence-electron chi connectivity index (χ0n) is 12.2. The summed E-state index contributed by atoms with van der Waals surface area (Å²) in [6.07, 6.45) is 0.528. The number of hydrogen-bond donors (Lipinski definition) is 2. The van der Waals surface area contributed by atoms with E-state index in [9.17, 15) is 13.2 Å². The molecule has 5 nitrogen and oxygen atoms in total. The Morgan fingerprint density at radius 2 is 1.90 bits per heavy atom. The molecule has 2 N–H and O–H groups in total. The first-order valence-corrected chi connectivity index (χ1v) is 8.00. The van der Waals surface area contributed by atoms with Gasteiger partial charge in [-0.15, -0.1) is 0 Å². The van der Waals surface area contributed by atoms with Crippen LogP contribution in [0.15, 0.2) is 18.2 Å². The van der Waals surface area contributed by atoms with E-state index in [1.54, 1.807) is 13.0 Å². The van der Waals surface area contributed by atoms with Crippen LogP contribution in [0.3, 0.4) is 0 Å². The first kappa shape index (κ1) is 16.5. The van der Waals surface area contributed by atoms with Gasteiger partial charge in [0.25, 0.3) is 0 Å². The minimum absolute atomic E-state index is 0.00718. The van der Waals surface area contributed by atoms with Crippen LogP contribution in [0.5, 0.6) is 0 Å². The molecule has 0 saturated heterocycles. The van der Waals surface area contributed by atoms with Gasteiger partial charge in [0.05, 0.1) is 17.0 Å². The normalized spacial score (nSPS) is 12.2. The molecular formula is C14H21NO4S. The molecular weight excluding hydrogens is 278 g/mol. The summed E-state index contributed by atoms with van der Waals surface area (Å²) in [4.78, 5) is 11.0. The lowest BCUT2D eigenvalue weighted by molar-refractivity contribution is 0.0696. The maximum atomic E-state index is 12.0. The molecule has 0 radical (unpaired) electrons. The van der Waals surface area contributed by atoms with Gasteiger partial charge in [0, 0.05) is 0 Å². The second-order valence-corrected chi connectivity index (χ2v) is 7.86. The number of hydrogen-bond acceptors (Lipinski definition) is 3. The molecule has 0 aliphatic carbocycles. The van der Waals surface area contributed by atoms with E-state index in [2.05, 4.69) is 4.72 Å². The second kappa shape index (κ2) is 5.83. The Hall–Kier alpha value is -1.56. The van der Waals surface area contributed by atoms with E-state index in [0.29, 0.717) is 17.7 Å². The van der Waals surface area contributed by atoms with Gasteiger partial charge in [0.15, 0.2) is 0 Å². The van der Waals surface area contributed by atoms with Crippen LogP contribution in [0, 0.1) is 12.3 Å². The molecule has 0 aliphatic rings. The highest BCUT2D eigenvalue weighted by molar-refractivity contribution is 7.92. The molecule has 0 heterocycles. The van der Waals surface area contributed by atoms with E-state index in [-0.39, 0.29) is 16.7 Å². The minimum atomic E-state index is -3.48. The molecule has 0 spiro atoms. The molecule has 1 rings (SSSR count). The maximum Gasteiger partial charge on any atom is 0.336 e. The van der Waals surface area contributed by atoms with E-state index in [1.165, 1.54) is 12.1 Å². The van der Waals surface area contributed by atoms with Crippen LogP contribution in [0.1, 0.15) is 43.1 Å². The molecule has 0 saturated carbocycles. The molecule has 0 amide bonds. The van der Waals surface area contributed by atoms with Crippen LogP contribution < -0.4 is 4.72 Å². The second-order valence-electron chi connectivity index (χ2n) is 6.01. The van der Waals surface area contributed by atoms with Crippen molar-refractivity contribution < 1.29 is 18.3 Å². The standard InChI is InChI=1S/C14H21NO4S/c1-10-11(13(16)17)6-5-7-12(10)15-20(18,19)9-8-14(2,3)4/h5-7,15H,8-9H2,1-4H3,(H,16,17). The number of nitrogens with one attached hydrogen (secondary N) is 1. The quantitative estimate of drug-likeness (QED) is 0.875. The topological polar surface area (TPSA) is 83.5 Å². The zero-order valence-corrected chi connectivity index (χ0v) is 13.0. The lowest BCUT2D eigenvalue weighted by Crippen LogP contribution is -2.21. The van der Waals surface area contributed by atoms with Gasteiger partial charge in [0.2, 0.25) is 10.0 Å². The monoisotopic (exact) mass is 299 g/mol. The maximum absolute atomic E-state index is 12.0. The van der Waals surface area contributed by atoms with E-state index in [4.69, 9.17) is 5.11 Å². The summed E-state index contributed by atoms with van der Waals surface area (Å²) in [5.41, 5.74) is 0.756. The van der Waals surface area contributed by atoms with Crippen molar-refractivity contribution in [2.75, 3.05) is 10.5 Å². The predicted octanol–water partition coefficient (Wildman–Crippen LogP) is 2.87. The summed E-state index contributed by atoms with van der Waals surface area (Å²) >= 11 is 0. The fourth-order valence-corrected chi connectivity index (χ4v) is 3.18. The molecule has 1 aromatic carbocycles. The third-order valence-electron chi connectivity index (χ3n) is 2.95. The average Bonchev–Trinajstić information content (AvgIpc) is 2.28. The highest BCUT2D eigenvalue weighted by atomic mass is 32.2. The zero-order chi connectivity index (χ0) is 15.6. The van der Waals surface area contributed by atoms with Gasteiger partial charge >= 0.3 is 5.97 Å². The largest absolute Gasteiger partial charge is 0.478 e. The van der Waals surface area contributed by atoms with Crippen molar-refractivity contribution in [1.29, 1.82) is 0 Å². The number of sulfonamides is 1. The van der Waals surface area contributed by atoms with Gasteiger partial charge < -0.3 is 5.11 Å². The average molecular weight is 299 g/mol. The number of aromatic carboxylic acids is 1. The third kappa shape index (κ3) is 4.85. The SMILES string of the molecule is Cc1c(NS(=O)(=O)CCC(C)(C)C)cccc1C(=O)O. The Kier molecular flexibility index (Phi) is 4.81. The van der Waals surface area contributed by atoms with Gasteiger partial charge in [-0.05, 0) is 36.5 Å². The van der Waals surface area contributed by atoms with E-state index in [1.807, 2.05) is 20.8 Å². The molecule has 6 heteroatoms. The smallest absolute Gasteiger partial charge is 0.336 e. The van der Waals surface area contributed by atoms with E-state index in [0.717, 1.165) is 0 Å². The van der Waals surface area contributed by atoms with Gasteiger partial charge in [-0.3, -0.25) is 4.72 Å². The lowest BCUT2D eigenvalue weighted by Gasteiger charge is -2.18. The van der Waals surface area contributed by atoms with Crippen LogP contribution in [0.25, 0.3) is 0 Å². The Balaban J connectivity index is 2.93. The number of carboxylic acids is 1. The van der Waals surface area contributed by atoms with E-state index < -0.39 is 16.0 Å². The van der Waals surface area contributed by atoms with Crippen molar-refractivity contribution in [3.63, 3.8) is 0 Å². The fraction of sp³-hybridized carbons (Fsp3) is 0.500. The van der Waals surface area contributed by atoms with Crippen molar-refractivity contribution in [3.8, 4) is 0 Å². The summed E-state index contributed by atoms with van der Waals surface area (Å²) in [5.74, 6) is -1.06. The van der Waals surface area contributed by atoms with Crippen LogP contribution >= 0.6 is 0 Å². The molecule has 0 bridgehead atoms. The van der Waals surface area contributed by atoms with E-state index >= 15 is 0 Å². The molecule has 1 aromatic rings. The summed E-state index contributed by atoms with van der Waals surface area (Å²) in [6, 6.07) is 4.54. The van der Waals surface area contributed by atoms with Crippen molar-refractivity contribution in [2.24, 2.45) is 5.41 Å². The summed E-state index contributed by atoms with van der Waals surface area (Å²) < 4.78 is 26.5. The first-order valence-electron chi connectivity index (χ1n) is 6.35. The molecule has 0 atom stereocenters. The summed E-state index contributed by atoms with van der Waals surface area (Å²) in [6.45, 7) is 7.50. The number of rotatable bonds is 5. The van der Waals surface area contributed by atoms with Crippen LogP contribution in [-0.4, -0.2) is 25.2 Å². The van der Waals surface area contributed by atoms with Crippen LogP contribution in [0.2, 0.25) is 0 Å². The summed E-state index contributed by atoms with van der Waals surface area (Å²) in [7, 11) is -3.48. The molecule has 0 aliphatic heterocycles. The third-order valence-corrected chi connectivity index (χ3v) is 4.22. The number of carboxylic acid groups (broad SMARTS) is 1. The van der Waals surface area contributed by atoms with Gasteiger partial charge in [-0.1, -0.05) is 26.8 Å².